The van der Waals surface area contributed by atoms with Crippen molar-refractivity contribution in [3.63, 3.8) is 0 Å². The van der Waals surface area contributed by atoms with Crippen molar-refractivity contribution in [1.82, 2.24) is 0 Å². The van der Waals surface area contributed by atoms with Crippen molar-refractivity contribution in [2.75, 3.05) is 9.80 Å². The van der Waals surface area contributed by atoms with Crippen LogP contribution in [0.2, 0.25) is 0 Å². The van der Waals surface area contributed by atoms with E-state index in [9.17, 15) is 0 Å². The van der Waals surface area contributed by atoms with Gasteiger partial charge in [0.2, 0.25) is 0 Å². The van der Waals surface area contributed by atoms with Gasteiger partial charge >= 0.3 is 0 Å². The first-order valence-electron chi connectivity index (χ1n) is 22.9. The van der Waals surface area contributed by atoms with Crippen LogP contribution in [0.1, 0.15) is 0 Å². The second-order valence-electron chi connectivity index (χ2n) is 17.1. The topological polar surface area (TPSA) is 6.48 Å². The van der Waals surface area contributed by atoms with Crippen LogP contribution in [0, 0.1) is 9.39 Å². The average Bonchev–Trinajstić information content (AvgIpc) is 3.41. The van der Waals surface area contributed by atoms with Gasteiger partial charge in [0, 0.05) is 36.8 Å². The fourth-order valence-corrected chi connectivity index (χ4v) is 10.9. The molecule has 12 aromatic carbocycles. The molecule has 4 heteroatoms. The number of hydrogen-bond acceptors (Lipinski definition) is 2. The fourth-order valence-electron chi connectivity index (χ4n) is 10.0. The molecule has 0 saturated carbocycles. The van der Waals surface area contributed by atoms with E-state index in [-0.39, 0.29) is 5.82 Å². The van der Waals surface area contributed by atoms with E-state index < -0.39 is 0 Å². The predicted molar refractivity (Wildman–Crippen MR) is 294 cm³/mol. The average molecular weight is 985 g/mol. The van der Waals surface area contributed by atoms with E-state index in [0.717, 1.165) is 103 Å². The minimum atomic E-state index is -0.303. The summed E-state index contributed by atoms with van der Waals surface area (Å²) in [6.07, 6.45) is 0. The Morgan fingerprint density at radius 3 is 1.10 bits per heavy atom. The first-order valence-corrected chi connectivity index (χ1v) is 24.0. The lowest BCUT2D eigenvalue weighted by Gasteiger charge is -2.32. The molecule has 0 aromatic heterocycles. The van der Waals surface area contributed by atoms with E-state index >= 15 is 4.39 Å². The Hall–Kier alpha value is -8.06. The van der Waals surface area contributed by atoms with Crippen molar-refractivity contribution in [2.45, 2.75) is 0 Å². The van der Waals surface area contributed by atoms with Gasteiger partial charge in [-0.3, -0.25) is 0 Å². The molecule has 0 unspecified atom stereocenters. The van der Waals surface area contributed by atoms with Gasteiger partial charge in [-0.2, -0.15) is 0 Å². The third-order valence-corrected chi connectivity index (χ3v) is 13.9. The van der Waals surface area contributed by atoms with Crippen molar-refractivity contribution in [3.8, 4) is 44.5 Å². The van der Waals surface area contributed by atoms with Crippen LogP contribution in [0.4, 0.5) is 38.5 Å². The van der Waals surface area contributed by atoms with E-state index in [4.69, 9.17) is 0 Å². The first kappa shape index (κ1) is 41.4. The number of nitrogens with zero attached hydrogens (tertiary/aromatic N) is 2. The van der Waals surface area contributed by atoms with Gasteiger partial charge in [0.15, 0.2) is 0 Å². The van der Waals surface area contributed by atoms with Crippen LogP contribution >= 0.6 is 22.6 Å². The molecule has 322 valence electrons. The Morgan fingerprint density at radius 2 is 0.662 bits per heavy atom. The number of benzene rings is 12. The van der Waals surface area contributed by atoms with Gasteiger partial charge in [0.25, 0.3) is 0 Å². The lowest BCUT2D eigenvalue weighted by atomic mass is 9.90. The second-order valence-corrected chi connectivity index (χ2v) is 18.3. The minimum Gasteiger partial charge on any atom is -0.308 e. The van der Waals surface area contributed by atoms with Crippen LogP contribution in [0.5, 0.6) is 0 Å². The number of halogens is 2. The smallest absolute Gasteiger partial charge is 0.148 e. The largest absolute Gasteiger partial charge is 0.308 e. The molecule has 12 aromatic rings. The summed E-state index contributed by atoms with van der Waals surface area (Å²) in [5, 5.41) is 6.71. The Kier molecular flexibility index (Phi) is 10.7. The maximum Gasteiger partial charge on any atom is 0.148 e. The molecule has 0 atom stereocenters. The highest BCUT2D eigenvalue weighted by molar-refractivity contribution is 14.1. The molecule has 0 fully saturated rings. The van der Waals surface area contributed by atoms with Crippen LogP contribution in [-0.4, -0.2) is 0 Å². The zero-order valence-electron chi connectivity index (χ0n) is 36.9. The lowest BCUT2D eigenvalue weighted by molar-refractivity contribution is 0.630. The van der Waals surface area contributed by atoms with Crippen LogP contribution < -0.4 is 9.80 Å². The van der Waals surface area contributed by atoms with Crippen LogP contribution in [0.3, 0.4) is 0 Å². The predicted octanol–water partition coefficient (Wildman–Crippen LogP) is 18.9. The molecule has 0 aliphatic rings. The third kappa shape index (κ3) is 7.34. The molecule has 0 heterocycles. The van der Waals surface area contributed by atoms with Gasteiger partial charge in [-0.25, -0.2) is 4.39 Å². The van der Waals surface area contributed by atoms with Crippen molar-refractivity contribution < 1.29 is 4.39 Å². The molecule has 12 rings (SSSR count). The van der Waals surface area contributed by atoms with Crippen LogP contribution in [0.15, 0.2) is 255 Å². The molecule has 0 N–H and O–H groups in total. The van der Waals surface area contributed by atoms with Gasteiger partial charge in [0.05, 0.1) is 22.7 Å². The molecular weight excluding hydrogens is 943 g/mol. The Morgan fingerprint density at radius 1 is 0.309 bits per heavy atom. The van der Waals surface area contributed by atoms with Gasteiger partial charge in [0.1, 0.15) is 5.82 Å². The molecule has 0 bridgehead atoms. The number of anilines is 6. The summed E-state index contributed by atoms with van der Waals surface area (Å²) in [5.41, 5.74) is 13.6. The normalized spacial score (nSPS) is 11.4. The number of hydrogen-bond donors (Lipinski definition) is 0. The number of rotatable bonds is 10. The monoisotopic (exact) mass is 984 g/mol. The van der Waals surface area contributed by atoms with E-state index in [1.165, 1.54) is 5.56 Å². The lowest BCUT2D eigenvalue weighted by Crippen LogP contribution is -2.14. The molecule has 0 aliphatic heterocycles. The Balaban J connectivity index is 1.12. The highest BCUT2D eigenvalue weighted by atomic mass is 127. The van der Waals surface area contributed by atoms with Crippen molar-refractivity contribution >= 4 is 89.0 Å². The molecule has 2 nitrogen and oxygen atoms in total. The highest BCUT2D eigenvalue weighted by Gasteiger charge is 2.27. The Bertz CT molecular complexity index is 3490. The summed E-state index contributed by atoms with van der Waals surface area (Å²) in [6.45, 7) is 0. The summed E-state index contributed by atoms with van der Waals surface area (Å²) in [4.78, 5) is 4.57. The summed E-state index contributed by atoms with van der Waals surface area (Å²) in [7, 11) is 0. The summed E-state index contributed by atoms with van der Waals surface area (Å²) < 4.78 is 18.8. The molecule has 0 aliphatic carbocycles. The van der Waals surface area contributed by atoms with Crippen LogP contribution in [0.25, 0.3) is 76.8 Å². The van der Waals surface area contributed by atoms with Gasteiger partial charge in [-0.05, 0) is 138 Å². The SMILES string of the molecule is Fc1cc(-c2ccccc2)cc(-c2ccccc2)c1N(c1ccccc1)c1ccc2ccc3c(N(c4ccccc4)c4c(I)cc(-c5ccccc5)cc4-c4ccccc4)ccc4ccc1c2c43. The minimum absolute atomic E-state index is 0.303. The van der Waals surface area contributed by atoms with Crippen molar-refractivity contribution in [3.05, 3.63) is 264 Å². The second kappa shape index (κ2) is 17.6. The highest BCUT2D eigenvalue weighted by Crippen LogP contribution is 2.52. The van der Waals surface area contributed by atoms with Gasteiger partial charge in [-0.15, -0.1) is 0 Å². The van der Waals surface area contributed by atoms with E-state index in [1.807, 2.05) is 66.7 Å². The van der Waals surface area contributed by atoms with E-state index in [2.05, 4.69) is 214 Å². The van der Waals surface area contributed by atoms with Gasteiger partial charge < -0.3 is 9.80 Å². The van der Waals surface area contributed by atoms with Gasteiger partial charge in [-0.1, -0.05) is 194 Å². The standard InChI is InChI=1S/C64H42FIN2/c65-57-41-49(43-19-7-1-8-20-43)39-55(45-23-11-3-12-24-45)63(57)67(51-27-15-5-16-28-51)59-37-33-47-32-36-54-60(38-34-48-31-35-53(59)61(47)62(48)54)68(52-29-17-6-18-30-52)64-56(46-25-13-4-14-26-46)40-50(42-58(64)66)44-21-9-2-10-22-44/h1-42H. The molecule has 0 saturated heterocycles. The van der Waals surface area contributed by atoms with E-state index in [1.54, 1.807) is 6.07 Å². The maximum atomic E-state index is 17.6. The molecule has 0 spiro atoms. The molecule has 0 amide bonds. The third-order valence-electron chi connectivity index (χ3n) is 13.1. The maximum absolute atomic E-state index is 17.6. The summed E-state index contributed by atoms with van der Waals surface area (Å²) in [5.74, 6) is -0.303. The molecule has 68 heavy (non-hydrogen) atoms. The van der Waals surface area contributed by atoms with Crippen molar-refractivity contribution in [1.29, 1.82) is 0 Å². The first-order chi connectivity index (χ1) is 33.6. The number of para-hydroxylation sites is 2. The zero-order valence-corrected chi connectivity index (χ0v) is 39.1. The molecular formula is C64H42FIN2. The summed E-state index contributed by atoms with van der Waals surface area (Å²) in [6, 6.07) is 88.9. The summed E-state index contributed by atoms with van der Waals surface area (Å²) >= 11 is 2.54. The van der Waals surface area contributed by atoms with E-state index in [0.29, 0.717) is 5.69 Å². The zero-order chi connectivity index (χ0) is 45.6. The van der Waals surface area contributed by atoms with Crippen molar-refractivity contribution in [2.24, 2.45) is 0 Å². The van der Waals surface area contributed by atoms with Crippen LogP contribution in [-0.2, 0) is 0 Å². The Labute approximate surface area is 409 Å². The molecule has 0 radical (unpaired) electrons. The quantitative estimate of drug-likeness (QED) is 0.0995. The fraction of sp³-hybridized carbons (Fsp3) is 0.